The Bertz CT molecular complexity index is 375. The molecule has 1 heterocycles. The van der Waals surface area contributed by atoms with E-state index in [-0.39, 0.29) is 0 Å². The SMILES string of the molecule is CCCCOc1ccccc1CCCN1CCOCC1. The molecule has 1 aliphatic heterocycles. The number of aryl methyl sites for hydroxylation is 1. The first kappa shape index (κ1) is 15.3. The van der Waals surface area contributed by atoms with Gasteiger partial charge in [0.05, 0.1) is 19.8 Å². The lowest BCUT2D eigenvalue weighted by Gasteiger charge is -2.26. The van der Waals surface area contributed by atoms with E-state index in [1.54, 1.807) is 0 Å². The Morgan fingerprint density at radius 3 is 2.75 bits per heavy atom. The van der Waals surface area contributed by atoms with Crippen LogP contribution in [0.25, 0.3) is 0 Å². The molecule has 0 spiro atoms. The Balaban J connectivity index is 1.76. The third-order valence-electron chi connectivity index (χ3n) is 3.75. The van der Waals surface area contributed by atoms with E-state index in [1.807, 2.05) is 0 Å². The summed E-state index contributed by atoms with van der Waals surface area (Å²) in [6.45, 7) is 8.11. The van der Waals surface area contributed by atoms with Crippen molar-refractivity contribution >= 4 is 0 Å². The van der Waals surface area contributed by atoms with Gasteiger partial charge in [-0.15, -0.1) is 0 Å². The van der Waals surface area contributed by atoms with Gasteiger partial charge >= 0.3 is 0 Å². The van der Waals surface area contributed by atoms with Gasteiger partial charge in [0.2, 0.25) is 0 Å². The maximum atomic E-state index is 5.89. The van der Waals surface area contributed by atoms with E-state index in [0.29, 0.717) is 0 Å². The zero-order valence-electron chi connectivity index (χ0n) is 12.6. The van der Waals surface area contributed by atoms with Gasteiger partial charge in [0, 0.05) is 13.1 Å². The highest BCUT2D eigenvalue weighted by Crippen LogP contribution is 2.20. The highest BCUT2D eigenvalue weighted by molar-refractivity contribution is 5.33. The lowest BCUT2D eigenvalue weighted by atomic mass is 10.1. The molecule has 3 heteroatoms. The van der Waals surface area contributed by atoms with Crippen molar-refractivity contribution in [3.05, 3.63) is 29.8 Å². The smallest absolute Gasteiger partial charge is 0.122 e. The van der Waals surface area contributed by atoms with Crippen molar-refractivity contribution in [3.63, 3.8) is 0 Å². The normalized spacial score (nSPS) is 16.2. The Morgan fingerprint density at radius 2 is 1.95 bits per heavy atom. The average molecular weight is 277 g/mol. The summed E-state index contributed by atoms with van der Waals surface area (Å²) in [5.74, 6) is 1.07. The molecule has 0 radical (unpaired) electrons. The van der Waals surface area contributed by atoms with Crippen LogP contribution in [0.4, 0.5) is 0 Å². The highest BCUT2D eigenvalue weighted by Gasteiger charge is 2.10. The van der Waals surface area contributed by atoms with Crippen molar-refractivity contribution in [2.24, 2.45) is 0 Å². The number of unbranched alkanes of at least 4 members (excludes halogenated alkanes) is 1. The van der Waals surface area contributed by atoms with Gasteiger partial charge < -0.3 is 9.47 Å². The first-order valence-corrected chi connectivity index (χ1v) is 7.91. The summed E-state index contributed by atoms with van der Waals surface area (Å²) in [7, 11) is 0. The molecule has 0 atom stereocenters. The number of rotatable bonds is 8. The van der Waals surface area contributed by atoms with E-state index in [1.165, 1.54) is 18.4 Å². The number of morpholine rings is 1. The second-order valence-corrected chi connectivity index (χ2v) is 5.37. The number of benzene rings is 1. The van der Waals surface area contributed by atoms with Crippen molar-refractivity contribution in [3.8, 4) is 5.75 Å². The summed E-state index contributed by atoms with van der Waals surface area (Å²) in [6, 6.07) is 8.46. The predicted molar refractivity (Wildman–Crippen MR) is 82.4 cm³/mol. The first-order valence-electron chi connectivity index (χ1n) is 7.91. The summed E-state index contributed by atoms with van der Waals surface area (Å²) >= 11 is 0. The van der Waals surface area contributed by atoms with Crippen LogP contribution in [0.5, 0.6) is 5.75 Å². The van der Waals surface area contributed by atoms with Crippen LogP contribution in [-0.4, -0.2) is 44.4 Å². The number of hydrogen-bond donors (Lipinski definition) is 0. The molecule has 1 aromatic carbocycles. The number of ether oxygens (including phenoxy) is 2. The zero-order valence-corrected chi connectivity index (χ0v) is 12.6. The van der Waals surface area contributed by atoms with Gasteiger partial charge in [-0.3, -0.25) is 4.90 Å². The fourth-order valence-electron chi connectivity index (χ4n) is 2.50. The number of hydrogen-bond acceptors (Lipinski definition) is 3. The molecule has 2 rings (SSSR count). The van der Waals surface area contributed by atoms with E-state index >= 15 is 0 Å². The van der Waals surface area contributed by atoms with Crippen LogP contribution in [0.3, 0.4) is 0 Å². The Hall–Kier alpha value is -1.06. The summed E-state index contributed by atoms with van der Waals surface area (Å²) in [5.41, 5.74) is 1.34. The summed E-state index contributed by atoms with van der Waals surface area (Å²) in [5, 5.41) is 0. The molecule has 112 valence electrons. The van der Waals surface area contributed by atoms with E-state index in [2.05, 4.69) is 36.1 Å². The molecule has 0 bridgehead atoms. The molecule has 1 fully saturated rings. The molecule has 0 aromatic heterocycles. The fourth-order valence-corrected chi connectivity index (χ4v) is 2.50. The van der Waals surface area contributed by atoms with Crippen LogP contribution in [0, 0.1) is 0 Å². The van der Waals surface area contributed by atoms with Crippen LogP contribution in [0.2, 0.25) is 0 Å². The van der Waals surface area contributed by atoms with Gasteiger partial charge in [-0.1, -0.05) is 31.5 Å². The zero-order chi connectivity index (χ0) is 14.0. The van der Waals surface area contributed by atoms with Crippen molar-refractivity contribution < 1.29 is 9.47 Å². The van der Waals surface area contributed by atoms with Crippen LogP contribution < -0.4 is 4.74 Å². The van der Waals surface area contributed by atoms with Gasteiger partial charge in [0.15, 0.2) is 0 Å². The number of para-hydroxylation sites is 1. The molecule has 0 amide bonds. The highest BCUT2D eigenvalue weighted by atomic mass is 16.5. The molecule has 0 unspecified atom stereocenters. The van der Waals surface area contributed by atoms with Crippen molar-refractivity contribution in [2.45, 2.75) is 32.6 Å². The third kappa shape index (κ3) is 5.14. The van der Waals surface area contributed by atoms with Gasteiger partial charge in [0.1, 0.15) is 5.75 Å². The predicted octanol–water partition coefficient (Wildman–Crippen LogP) is 3.13. The minimum Gasteiger partial charge on any atom is -0.493 e. The Labute approximate surface area is 122 Å². The van der Waals surface area contributed by atoms with E-state index in [4.69, 9.17) is 9.47 Å². The van der Waals surface area contributed by atoms with E-state index in [9.17, 15) is 0 Å². The minimum atomic E-state index is 0.830. The molecule has 1 aliphatic rings. The number of nitrogens with zero attached hydrogens (tertiary/aromatic N) is 1. The molecule has 0 saturated carbocycles. The molecular formula is C17H27NO2. The summed E-state index contributed by atoms with van der Waals surface area (Å²) < 4.78 is 11.3. The van der Waals surface area contributed by atoms with Gasteiger partial charge in [-0.05, 0) is 37.4 Å². The monoisotopic (exact) mass is 277 g/mol. The summed E-state index contributed by atoms with van der Waals surface area (Å²) in [4.78, 5) is 2.49. The molecule has 0 N–H and O–H groups in total. The quantitative estimate of drug-likeness (QED) is 0.681. The van der Waals surface area contributed by atoms with E-state index in [0.717, 1.165) is 58.0 Å². The molecule has 0 aliphatic carbocycles. The molecule has 1 saturated heterocycles. The van der Waals surface area contributed by atoms with Crippen LogP contribution in [-0.2, 0) is 11.2 Å². The Morgan fingerprint density at radius 1 is 1.15 bits per heavy atom. The third-order valence-corrected chi connectivity index (χ3v) is 3.75. The lowest BCUT2D eigenvalue weighted by molar-refractivity contribution is 0.0374. The molecule has 3 nitrogen and oxygen atoms in total. The molecule has 1 aromatic rings. The second-order valence-electron chi connectivity index (χ2n) is 5.37. The van der Waals surface area contributed by atoms with Crippen LogP contribution >= 0.6 is 0 Å². The fraction of sp³-hybridized carbons (Fsp3) is 0.647. The van der Waals surface area contributed by atoms with Gasteiger partial charge in [-0.2, -0.15) is 0 Å². The standard InChI is InChI=1S/C17H27NO2/c1-2-3-13-20-17-9-5-4-7-16(17)8-6-10-18-11-14-19-15-12-18/h4-5,7,9H,2-3,6,8,10-15H2,1H3. The van der Waals surface area contributed by atoms with Crippen molar-refractivity contribution in [1.29, 1.82) is 0 Å². The first-order chi connectivity index (χ1) is 9.90. The van der Waals surface area contributed by atoms with Gasteiger partial charge in [0.25, 0.3) is 0 Å². The second kappa shape index (κ2) is 8.98. The maximum absolute atomic E-state index is 5.89. The minimum absolute atomic E-state index is 0.830. The average Bonchev–Trinajstić information content (AvgIpc) is 2.50. The van der Waals surface area contributed by atoms with Crippen LogP contribution in [0.15, 0.2) is 24.3 Å². The van der Waals surface area contributed by atoms with Crippen molar-refractivity contribution in [2.75, 3.05) is 39.5 Å². The van der Waals surface area contributed by atoms with E-state index < -0.39 is 0 Å². The molecule has 20 heavy (non-hydrogen) atoms. The lowest BCUT2D eigenvalue weighted by Crippen LogP contribution is -2.36. The maximum Gasteiger partial charge on any atom is 0.122 e. The largest absolute Gasteiger partial charge is 0.493 e. The van der Waals surface area contributed by atoms with Crippen molar-refractivity contribution in [1.82, 2.24) is 4.90 Å². The topological polar surface area (TPSA) is 21.7 Å². The molecular weight excluding hydrogens is 250 g/mol. The van der Waals surface area contributed by atoms with Gasteiger partial charge in [-0.25, -0.2) is 0 Å². The summed E-state index contributed by atoms with van der Waals surface area (Å²) in [6.07, 6.45) is 4.59. The van der Waals surface area contributed by atoms with Crippen LogP contribution in [0.1, 0.15) is 31.7 Å². The Kier molecular flexibility index (Phi) is 6.89.